The number of pyridine rings is 1. The number of aromatic nitrogens is 3. The Hall–Kier alpha value is -3.23. The van der Waals surface area contributed by atoms with Crippen molar-refractivity contribution in [2.45, 2.75) is 40.2 Å². The van der Waals surface area contributed by atoms with Gasteiger partial charge in [-0.05, 0) is 52.8 Å². The molecule has 1 N–H and O–H groups in total. The summed E-state index contributed by atoms with van der Waals surface area (Å²) in [6.45, 7) is 8.77. The van der Waals surface area contributed by atoms with Gasteiger partial charge in [-0.15, -0.1) is 0 Å². The molecule has 0 saturated carbocycles. The molecule has 29 heavy (non-hydrogen) atoms. The fraction of sp³-hybridized carbons (Fsp3) is 0.450. The molecule has 0 aliphatic carbocycles. The topological polar surface area (TPSA) is 106 Å². The molecule has 0 unspecified atom stereocenters. The van der Waals surface area contributed by atoms with E-state index in [9.17, 15) is 14.4 Å². The molecule has 2 aromatic rings. The Balaban J connectivity index is 1.89. The quantitative estimate of drug-likeness (QED) is 0.734. The average Bonchev–Trinajstić information content (AvgIpc) is 2.96. The third-order valence-corrected chi connectivity index (χ3v) is 3.86. The summed E-state index contributed by atoms with van der Waals surface area (Å²) in [5.74, 6) is -0.857. The van der Waals surface area contributed by atoms with Crippen LogP contribution in [0.3, 0.4) is 0 Å². The van der Waals surface area contributed by atoms with Gasteiger partial charge < -0.3 is 15.0 Å². The van der Waals surface area contributed by atoms with Gasteiger partial charge in [-0.3, -0.25) is 9.59 Å². The van der Waals surface area contributed by atoms with Gasteiger partial charge in [0.2, 0.25) is 5.91 Å². The van der Waals surface area contributed by atoms with Crippen molar-refractivity contribution in [1.29, 1.82) is 0 Å². The second-order valence-electron chi connectivity index (χ2n) is 7.87. The molecule has 0 fully saturated rings. The van der Waals surface area contributed by atoms with E-state index >= 15 is 0 Å². The maximum atomic E-state index is 12.2. The average molecular weight is 401 g/mol. The number of esters is 1. The zero-order valence-electron chi connectivity index (χ0n) is 17.6. The van der Waals surface area contributed by atoms with Crippen molar-refractivity contribution in [1.82, 2.24) is 25.0 Å². The van der Waals surface area contributed by atoms with Crippen molar-refractivity contribution in [2.24, 2.45) is 0 Å². The highest BCUT2D eigenvalue weighted by atomic mass is 16.5. The van der Waals surface area contributed by atoms with Crippen LogP contribution in [-0.4, -0.2) is 63.2 Å². The molecule has 0 bridgehead atoms. The second kappa shape index (κ2) is 8.85. The van der Waals surface area contributed by atoms with Crippen LogP contribution in [0.25, 0.3) is 5.82 Å². The van der Waals surface area contributed by atoms with Gasteiger partial charge in [0.05, 0.1) is 17.8 Å². The number of rotatable bonds is 6. The van der Waals surface area contributed by atoms with E-state index in [4.69, 9.17) is 4.74 Å². The van der Waals surface area contributed by atoms with E-state index in [0.29, 0.717) is 5.82 Å². The predicted octanol–water partition coefficient (Wildman–Crippen LogP) is 1.41. The van der Waals surface area contributed by atoms with Crippen molar-refractivity contribution >= 4 is 17.8 Å². The van der Waals surface area contributed by atoms with E-state index in [2.05, 4.69) is 15.4 Å². The van der Waals surface area contributed by atoms with E-state index in [1.54, 1.807) is 16.8 Å². The molecule has 9 nitrogen and oxygen atoms in total. The van der Waals surface area contributed by atoms with Gasteiger partial charge in [0.1, 0.15) is 0 Å². The summed E-state index contributed by atoms with van der Waals surface area (Å²) < 4.78 is 6.71. The van der Waals surface area contributed by atoms with Gasteiger partial charge >= 0.3 is 5.97 Å². The fourth-order valence-corrected chi connectivity index (χ4v) is 2.58. The minimum absolute atomic E-state index is 0.119. The maximum absolute atomic E-state index is 12.2. The summed E-state index contributed by atoms with van der Waals surface area (Å²) in [5.41, 5.74) is 1.62. The molecule has 0 saturated heterocycles. The van der Waals surface area contributed by atoms with Crippen LogP contribution in [0.1, 0.15) is 42.5 Å². The summed E-state index contributed by atoms with van der Waals surface area (Å²) in [6, 6.07) is 5.14. The highest BCUT2D eigenvalue weighted by Crippen LogP contribution is 2.11. The first-order valence-corrected chi connectivity index (χ1v) is 9.18. The smallest absolute Gasteiger partial charge is 0.340 e. The third-order valence-electron chi connectivity index (χ3n) is 3.86. The lowest BCUT2D eigenvalue weighted by Gasteiger charge is -2.23. The first-order valence-electron chi connectivity index (χ1n) is 9.18. The number of nitrogens with one attached hydrogen (secondary N) is 1. The monoisotopic (exact) mass is 401 g/mol. The number of hydrogen-bond acceptors (Lipinski definition) is 6. The molecule has 156 valence electrons. The van der Waals surface area contributed by atoms with Crippen LogP contribution in [0, 0.1) is 13.8 Å². The molecular weight excluding hydrogens is 374 g/mol. The molecule has 2 amide bonds. The van der Waals surface area contributed by atoms with Gasteiger partial charge in [-0.2, -0.15) is 5.10 Å². The van der Waals surface area contributed by atoms with E-state index in [1.807, 2.05) is 40.7 Å². The lowest BCUT2D eigenvalue weighted by atomic mass is 10.1. The largest absolute Gasteiger partial charge is 0.452 e. The summed E-state index contributed by atoms with van der Waals surface area (Å²) in [7, 11) is 1.48. The molecule has 0 aliphatic rings. The van der Waals surface area contributed by atoms with Crippen molar-refractivity contribution in [3.05, 3.63) is 41.3 Å². The third kappa shape index (κ3) is 6.41. The lowest BCUT2D eigenvalue weighted by molar-refractivity contribution is -0.137. The number of aryl methyl sites for hydroxylation is 2. The molecular formula is C20H27N5O4. The van der Waals surface area contributed by atoms with Gasteiger partial charge in [0.15, 0.2) is 12.4 Å². The molecule has 2 aromatic heterocycles. The number of hydrogen-bond donors (Lipinski definition) is 1. The van der Waals surface area contributed by atoms with Crippen LogP contribution >= 0.6 is 0 Å². The summed E-state index contributed by atoms with van der Waals surface area (Å²) in [4.78, 5) is 41.6. The van der Waals surface area contributed by atoms with E-state index in [0.717, 1.165) is 11.4 Å². The Labute approximate surface area is 170 Å². The van der Waals surface area contributed by atoms with Crippen molar-refractivity contribution in [3.8, 4) is 5.82 Å². The normalized spacial score (nSPS) is 11.1. The molecule has 0 atom stereocenters. The predicted molar refractivity (Wildman–Crippen MR) is 107 cm³/mol. The fourth-order valence-electron chi connectivity index (χ4n) is 2.58. The Kier molecular flexibility index (Phi) is 6.73. The molecule has 0 spiro atoms. The van der Waals surface area contributed by atoms with E-state index in [-0.39, 0.29) is 23.6 Å². The lowest BCUT2D eigenvalue weighted by Crippen LogP contribution is -2.46. The first kappa shape index (κ1) is 22.1. The molecule has 0 aromatic carbocycles. The van der Waals surface area contributed by atoms with Gasteiger partial charge in [0.25, 0.3) is 5.91 Å². The summed E-state index contributed by atoms with van der Waals surface area (Å²) in [6.07, 6.45) is 1.37. The molecule has 0 radical (unpaired) electrons. The van der Waals surface area contributed by atoms with Crippen LogP contribution < -0.4 is 5.32 Å². The highest BCUT2D eigenvalue weighted by molar-refractivity contribution is 5.91. The van der Waals surface area contributed by atoms with Gasteiger partial charge in [-0.1, -0.05) is 0 Å². The minimum Gasteiger partial charge on any atom is -0.452 e. The van der Waals surface area contributed by atoms with Crippen LogP contribution in [0.4, 0.5) is 0 Å². The van der Waals surface area contributed by atoms with Crippen LogP contribution in [0.2, 0.25) is 0 Å². The number of likely N-dealkylation sites (N-methyl/N-ethyl adjacent to an activating group) is 1. The zero-order valence-corrected chi connectivity index (χ0v) is 17.6. The Morgan fingerprint density at radius 2 is 1.90 bits per heavy atom. The minimum atomic E-state index is -0.668. The van der Waals surface area contributed by atoms with Crippen LogP contribution in [-0.2, 0) is 14.3 Å². The van der Waals surface area contributed by atoms with Crippen molar-refractivity contribution in [2.75, 3.05) is 20.2 Å². The summed E-state index contributed by atoms with van der Waals surface area (Å²) >= 11 is 0. The second-order valence-corrected chi connectivity index (χ2v) is 7.87. The number of amides is 2. The van der Waals surface area contributed by atoms with Gasteiger partial charge in [-0.25, -0.2) is 14.5 Å². The molecule has 9 heteroatoms. The Bertz CT molecular complexity index is 897. The van der Waals surface area contributed by atoms with Gasteiger partial charge in [0, 0.05) is 24.5 Å². The Morgan fingerprint density at radius 1 is 1.21 bits per heavy atom. The number of ether oxygens (including phenoxy) is 1. The molecule has 2 heterocycles. The zero-order chi connectivity index (χ0) is 21.8. The number of carbonyl (C=O) groups excluding carboxylic acids is 3. The van der Waals surface area contributed by atoms with E-state index in [1.165, 1.54) is 18.1 Å². The SMILES string of the molecule is Cc1cc(C)n(-c2ccc(C(=O)OCC(=O)N(C)CC(=O)NC(C)(C)C)cn2)n1. The first-order chi connectivity index (χ1) is 13.5. The number of carbonyl (C=O) groups is 3. The van der Waals surface area contributed by atoms with Crippen molar-refractivity contribution < 1.29 is 19.1 Å². The van der Waals surface area contributed by atoms with Crippen LogP contribution in [0.15, 0.2) is 24.4 Å². The Morgan fingerprint density at radius 3 is 2.41 bits per heavy atom. The van der Waals surface area contributed by atoms with Crippen molar-refractivity contribution in [3.63, 3.8) is 0 Å². The highest BCUT2D eigenvalue weighted by Gasteiger charge is 2.19. The van der Waals surface area contributed by atoms with E-state index < -0.39 is 18.5 Å². The molecule has 2 rings (SSSR count). The summed E-state index contributed by atoms with van der Waals surface area (Å²) in [5, 5.41) is 7.10. The number of nitrogens with zero attached hydrogens (tertiary/aromatic N) is 4. The maximum Gasteiger partial charge on any atom is 0.340 e. The molecule has 0 aliphatic heterocycles. The van der Waals surface area contributed by atoms with Crippen LogP contribution in [0.5, 0.6) is 0 Å². The standard InChI is InChI=1S/C20H27N5O4/c1-13-9-14(2)25(23-13)16-8-7-15(10-21-16)19(28)29-12-18(27)24(6)11-17(26)22-20(3,4)5/h7-10H,11-12H2,1-6H3,(H,22,26).